The molecule has 0 N–H and O–H groups in total. The molecule has 0 aliphatic heterocycles. The van der Waals surface area contributed by atoms with Gasteiger partial charge >= 0.3 is 17.4 Å². The van der Waals surface area contributed by atoms with Crippen LogP contribution in [0.3, 0.4) is 0 Å². The Hall–Kier alpha value is -3.99. The van der Waals surface area contributed by atoms with E-state index in [9.17, 15) is 15.3 Å². The zero-order chi connectivity index (χ0) is 25.4. The predicted octanol–water partition coefficient (Wildman–Crippen LogP) is 3.63. The maximum atomic E-state index is 11.3. The van der Waals surface area contributed by atoms with Crippen molar-refractivity contribution < 1.29 is 24.8 Å². The molecule has 0 saturated carbocycles. The first-order chi connectivity index (χ1) is 16.8. The quantitative estimate of drug-likeness (QED) is 0.343. The topological polar surface area (TPSA) is 113 Å². The molecule has 0 unspecified atom stereocenters. The monoisotopic (exact) mass is 496 g/mol. The summed E-state index contributed by atoms with van der Waals surface area (Å²) in [6.45, 7) is 3.76. The van der Waals surface area contributed by atoms with Crippen molar-refractivity contribution in [3.8, 4) is 28.7 Å². The van der Waals surface area contributed by atoms with Crippen molar-refractivity contribution in [2.45, 2.75) is 13.8 Å². The standard InChI is InChI=1S/2C10H9NO.C8H10O3.Al/c2*1-7-5-6-8-3-2-4-9(12)10(8)11-7;1-10-7-3-6(9)4-8(5-7)11-2;/h2*2-6,12H,1H3;3-5,9H,1-2H3;/q;;;+3/p-3. The fourth-order valence-electron chi connectivity index (χ4n) is 3.22. The van der Waals surface area contributed by atoms with Gasteiger partial charge in [0, 0.05) is 17.5 Å². The van der Waals surface area contributed by atoms with Gasteiger partial charge in [-0.2, -0.15) is 0 Å². The van der Waals surface area contributed by atoms with Gasteiger partial charge in [0.25, 0.3) is 0 Å². The Labute approximate surface area is 220 Å². The molecule has 0 aliphatic rings. The summed E-state index contributed by atoms with van der Waals surface area (Å²) in [6, 6.07) is 22.5. The van der Waals surface area contributed by atoms with Gasteiger partial charge in [0.15, 0.2) is 0 Å². The maximum Gasteiger partial charge on any atom is 3.00 e. The molecule has 0 radical (unpaired) electrons. The van der Waals surface area contributed by atoms with E-state index in [2.05, 4.69) is 9.97 Å². The molecule has 0 spiro atoms. The summed E-state index contributed by atoms with van der Waals surface area (Å²) >= 11 is 0. The molecule has 5 aromatic rings. The fraction of sp³-hybridized carbons (Fsp3) is 0.143. The number of para-hydroxylation sites is 2. The summed E-state index contributed by atoms with van der Waals surface area (Å²) in [6.07, 6.45) is 0. The summed E-state index contributed by atoms with van der Waals surface area (Å²) in [7, 11) is 3.02. The molecule has 2 heterocycles. The van der Waals surface area contributed by atoms with E-state index in [1.165, 1.54) is 38.5 Å². The molecule has 36 heavy (non-hydrogen) atoms. The number of nitrogens with zero attached hydrogens (tertiary/aromatic N) is 2. The summed E-state index contributed by atoms with van der Waals surface area (Å²) in [5.41, 5.74) is 2.90. The number of fused-ring (bicyclic) bond motifs is 2. The van der Waals surface area contributed by atoms with E-state index < -0.39 is 0 Å². The Morgan fingerprint density at radius 1 is 0.583 bits per heavy atom. The number of aryl methyl sites for hydroxylation is 2. The number of ether oxygens (including phenoxy) is 2. The van der Waals surface area contributed by atoms with Crippen molar-refractivity contribution in [2.24, 2.45) is 0 Å². The minimum absolute atomic E-state index is 0. The fourth-order valence-corrected chi connectivity index (χ4v) is 3.22. The number of hydrogen-bond donors (Lipinski definition) is 0. The van der Waals surface area contributed by atoms with E-state index in [1.54, 1.807) is 18.2 Å². The third-order valence-corrected chi connectivity index (χ3v) is 4.97. The van der Waals surface area contributed by atoms with Crippen LogP contribution in [0.2, 0.25) is 0 Å². The average Bonchev–Trinajstić information content (AvgIpc) is 2.85. The average molecular weight is 496 g/mol. The summed E-state index contributed by atoms with van der Waals surface area (Å²) in [5.74, 6) is 0.928. The minimum Gasteiger partial charge on any atom is -0.872 e. The van der Waals surface area contributed by atoms with Crippen molar-refractivity contribution in [2.75, 3.05) is 14.2 Å². The maximum absolute atomic E-state index is 11.3. The minimum atomic E-state index is -0.110. The van der Waals surface area contributed by atoms with Crippen LogP contribution in [0.5, 0.6) is 28.7 Å². The van der Waals surface area contributed by atoms with E-state index in [4.69, 9.17) is 9.47 Å². The Balaban J connectivity index is 0.000000188. The summed E-state index contributed by atoms with van der Waals surface area (Å²) in [5, 5.41) is 35.2. The van der Waals surface area contributed by atoms with E-state index >= 15 is 0 Å². The van der Waals surface area contributed by atoms with Gasteiger partial charge in [-0.15, -0.1) is 5.75 Å². The molecule has 0 aliphatic carbocycles. The zero-order valence-electron chi connectivity index (χ0n) is 20.5. The van der Waals surface area contributed by atoms with Crippen LogP contribution in [0, 0.1) is 13.8 Å². The second-order valence-electron chi connectivity index (χ2n) is 7.61. The largest absolute Gasteiger partial charge is 3.00 e. The second-order valence-corrected chi connectivity index (χ2v) is 7.61. The van der Waals surface area contributed by atoms with Gasteiger partial charge in [-0.3, -0.25) is 9.97 Å². The number of benzene rings is 3. The van der Waals surface area contributed by atoms with Crippen LogP contribution in [0.1, 0.15) is 11.4 Å². The van der Waals surface area contributed by atoms with Crippen molar-refractivity contribution in [1.29, 1.82) is 0 Å². The van der Waals surface area contributed by atoms with Crippen LogP contribution in [-0.2, 0) is 0 Å². The van der Waals surface area contributed by atoms with Gasteiger partial charge in [-0.25, -0.2) is 0 Å². The van der Waals surface area contributed by atoms with E-state index in [1.807, 2.05) is 50.2 Å². The van der Waals surface area contributed by atoms with Gasteiger partial charge in [-0.05, 0) is 48.9 Å². The second kappa shape index (κ2) is 13.2. The molecular weight excluding hydrogens is 471 g/mol. The Morgan fingerprint density at radius 2 is 1.00 bits per heavy atom. The number of rotatable bonds is 2. The Morgan fingerprint density at radius 3 is 1.39 bits per heavy atom. The van der Waals surface area contributed by atoms with Crippen LogP contribution in [0.4, 0.5) is 0 Å². The number of aromatic nitrogens is 2. The van der Waals surface area contributed by atoms with Gasteiger partial charge in [0.05, 0.1) is 25.3 Å². The van der Waals surface area contributed by atoms with Crippen molar-refractivity contribution in [3.05, 3.63) is 90.3 Å². The molecule has 0 saturated heterocycles. The van der Waals surface area contributed by atoms with E-state index in [-0.39, 0.29) is 34.6 Å². The normalized spacial score (nSPS) is 9.78. The van der Waals surface area contributed by atoms with Crippen LogP contribution >= 0.6 is 0 Å². The molecule has 0 bridgehead atoms. The molecule has 0 atom stereocenters. The van der Waals surface area contributed by atoms with Crippen molar-refractivity contribution in [3.63, 3.8) is 0 Å². The molecule has 0 fully saturated rings. The Bertz CT molecular complexity index is 1340. The number of methoxy groups -OCH3 is 2. The molecule has 180 valence electrons. The number of pyridine rings is 2. The van der Waals surface area contributed by atoms with Crippen molar-refractivity contribution in [1.82, 2.24) is 9.97 Å². The van der Waals surface area contributed by atoms with E-state index in [0.717, 1.165) is 22.2 Å². The molecule has 5 rings (SSSR count). The molecule has 3 aromatic carbocycles. The number of hydrogen-bond acceptors (Lipinski definition) is 7. The molecule has 8 heteroatoms. The molecule has 2 aromatic heterocycles. The third kappa shape index (κ3) is 7.51. The molecular formula is C28H25AlN2O5. The first-order valence-corrected chi connectivity index (χ1v) is 10.8. The van der Waals surface area contributed by atoms with Gasteiger partial charge < -0.3 is 24.8 Å². The Kier molecular flexibility index (Phi) is 10.4. The van der Waals surface area contributed by atoms with Gasteiger partial charge in [-0.1, -0.05) is 60.0 Å². The van der Waals surface area contributed by atoms with Crippen molar-refractivity contribution >= 4 is 39.2 Å². The van der Waals surface area contributed by atoms with Gasteiger partial charge in [0.2, 0.25) is 0 Å². The summed E-state index contributed by atoms with van der Waals surface area (Å²) < 4.78 is 9.72. The summed E-state index contributed by atoms with van der Waals surface area (Å²) in [4.78, 5) is 8.33. The van der Waals surface area contributed by atoms with E-state index in [0.29, 0.717) is 22.5 Å². The zero-order valence-corrected chi connectivity index (χ0v) is 21.7. The SMILES string of the molecule is COc1cc([O-])cc(OC)c1.Cc1ccc2cccc([O-])c2n1.Cc1ccc2cccc([O-])c2n1.[Al+3]. The van der Waals surface area contributed by atoms with Crippen LogP contribution in [-0.4, -0.2) is 41.5 Å². The smallest absolute Gasteiger partial charge is 0.872 e. The predicted molar refractivity (Wildman–Crippen MR) is 137 cm³/mol. The first kappa shape index (κ1) is 28.3. The first-order valence-electron chi connectivity index (χ1n) is 10.8. The molecule has 0 amide bonds. The van der Waals surface area contributed by atoms with Crippen LogP contribution < -0.4 is 24.8 Å². The van der Waals surface area contributed by atoms with Crippen LogP contribution in [0.15, 0.2) is 78.9 Å². The molecule has 7 nitrogen and oxygen atoms in total. The van der Waals surface area contributed by atoms with Crippen LogP contribution in [0.25, 0.3) is 21.8 Å². The van der Waals surface area contributed by atoms with Gasteiger partial charge in [0.1, 0.15) is 11.5 Å². The third-order valence-electron chi connectivity index (χ3n) is 4.97.